The molecular weight excluding hydrogens is 192 g/mol. The van der Waals surface area contributed by atoms with Crippen LogP contribution in [0.3, 0.4) is 0 Å². The lowest BCUT2D eigenvalue weighted by atomic mass is 9.83. The Morgan fingerprint density at radius 2 is 1.80 bits per heavy atom. The summed E-state index contributed by atoms with van der Waals surface area (Å²) in [6, 6.07) is 0. The molecule has 15 heavy (non-hydrogen) atoms. The number of hydrogen-bond acceptors (Lipinski definition) is 3. The number of rotatable bonds is 5. The van der Waals surface area contributed by atoms with Crippen molar-refractivity contribution >= 4 is 5.97 Å². The maximum atomic E-state index is 10.6. The van der Waals surface area contributed by atoms with Crippen LogP contribution in [0.15, 0.2) is 12.8 Å². The fourth-order valence-corrected chi connectivity index (χ4v) is 2.00. The van der Waals surface area contributed by atoms with Crippen LogP contribution >= 0.6 is 0 Å². The first-order valence-corrected chi connectivity index (χ1v) is 5.58. The average molecular weight is 212 g/mol. The monoisotopic (exact) mass is 212 g/mol. The van der Waals surface area contributed by atoms with Crippen LogP contribution < -0.4 is 0 Å². The van der Waals surface area contributed by atoms with E-state index >= 15 is 0 Å². The minimum absolute atomic E-state index is 0.174. The van der Waals surface area contributed by atoms with Crippen LogP contribution in [-0.2, 0) is 14.3 Å². The molecule has 1 rings (SSSR count). The van der Waals surface area contributed by atoms with Gasteiger partial charge < -0.3 is 9.47 Å². The predicted molar refractivity (Wildman–Crippen MR) is 58.2 cm³/mol. The van der Waals surface area contributed by atoms with E-state index in [0.717, 1.165) is 19.4 Å². The topological polar surface area (TPSA) is 35.5 Å². The fraction of sp³-hybridized carbons (Fsp3) is 0.750. The third kappa shape index (κ3) is 4.86. The van der Waals surface area contributed by atoms with Crippen molar-refractivity contribution < 1.29 is 14.3 Å². The Morgan fingerprint density at radius 1 is 1.27 bits per heavy atom. The zero-order chi connectivity index (χ0) is 11.1. The van der Waals surface area contributed by atoms with Crippen LogP contribution in [0.1, 0.15) is 32.6 Å². The van der Waals surface area contributed by atoms with E-state index in [1.807, 2.05) is 0 Å². The van der Waals surface area contributed by atoms with Gasteiger partial charge in [-0.3, -0.25) is 4.79 Å². The van der Waals surface area contributed by atoms with E-state index in [4.69, 9.17) is 9.47 Å². The van der Waals surface area contributed by atoms with Crippen LogP contribution in [-0.4, -0.2) is 19.2 Å². The Kier molecular flexibility index (Phi) is 5.22. The van der Waals surface area contributed by atoms with E-state index < -0.39 is 0 Å². The Balaban J connectivity index is 2.12. The number of hydrogen-bond donors (Lipinski definition) is 0. The summed E-state index contributed by atoms with van der Waals surface area (Å²) in [5.74, 6) is 1.03. The maximum absolute atomic E-state index is 10.6. The van der Waals surface area contributed by atoms with Crippen LogP contribution in [0.4, 0.5) is 0 Å². The van der Waals surface area contributed by atoms with Gasteiger partial charge in [-0.15, -0.1) is 0 Å². The van der Waals surface area contributed by atoms with Gasteiger partial charge in [-0.25, -0.2) is 0 Å². The first kappa shape index (κ1) is 12.1. The Bertz CT molecular complexity index is 205. The quantitative estimate of drug-likeness (QED) is 0.519. The average Bonchev–Trinajstić information content (AvgIpc) is 2.25. The lowest BCUT2D eigenvalue weighted by Crippen LogP contribution is -2.21. The van der Waals surface area contributed by atoms with E-state index in [1.54, 1.807) is 0 Å². The van der Waals surface area contributed by atoms with Gasteiger partial charge in [-0.2, -0.15) is 0 Å². The lowest BCUT2D eigenvalue weighted by Gasteiger charge is -2.27. The lowest BCUT2D eigenvalue weighted by molar-refractivity contribution is -0.142. The summed E-state index contributed by atoms with van der Waals surface area (Å²) in [5.41, 5.74) is 0. The molecule has 86 valence electrons. The first-order valence-electron chi connectivity index (χ1n) is 5.58. The third-order valence-corrected chi connectivity index (χ3v) is 2.94. The smallest absolute Gasteiger partial charge is 0.302 e. The van der Waals surface area contributed by atoms with E-state index in [1.165, 1.54) is 26.0 Å². The highest BCUT2D eigenvalue weighted by Gasteiger charge is 2.21. The minimum atomic E-state index is -0.174. The molecule has 0 aromatic heterocycles. The summed E-state index contributed by atoms with van der Waals surface area (Å²) in [7, 11) is 0. The Labute approximate surface area is 91.4 Å². The molecule has 0 amide bonds. The van der Waals surface area contributed by atoms with Crippen molar-refractivity contribution in [3.05, 3.63) is 12.8 Å². The van der Waals surface area contributed by atoms with Crippen LogP contribution in [0.25, 0.3) is 0 Å². The van der Waals surface area contributed by atoms with Gasteiger partial charge in [-0.05, 0) is 37.5 Å². The highest BCUT2D eigenvalue weighted by atomic mass is 16.5. The van der Waals surface area contributed by atoms with E-state index in [2.05, 4.69) is 6.58 Å². The van der Waals surface area contributed by atoms with Crippen LogP contribution in [0, 0.1) is 11.8 Å². The molecule has 0 unspecified atom stereocenters. The first-order chi connectivity index (χ1) is 7.22. The second-order valence-electron chi connectivity index (χ2n) is 4.19. The van der Waals surface area contributed by atoms with Gasteiger partial charge in [0.25, 0.3) is 0 Å². The van der Waals surface area contributed by atoms with Gasteiger partial charge in [0.15, 0.2) is 0 Å². The zero-order valence-electron chi connectivity index (χ0n) is 9.41. The van der Waals surface area contributed by atoms with Gasteiger partial charge in [0.1, 0.15) is 0 Å². The van der Waals surface area contributed by atoms with Crippen LogP contribution in [0.2, 0.25) is 0 Å². The molecule has 1 fully saturated rings. The molecule has 0 N–H and O–H groups in total. The molecule has 3 nitrogen and oxygen atoms in total. The second-order valence-corrected chi connectivity index (χ2v) is 4.19. The highest BCUT2D eigenvalue weighted by molar-refractivity contribution is 5.65. The molecule has 0 aliphatic heterocycles. The van der Waals surface area contributed by atoms with Gasteiger partial charge in [0.05, 0.1) is 19.5 Å². The molecule has 1 aliphatic rings. The van der Waals surface area contributed by atoms with Gasteiger partial charge in [-0.1, -0.05) is 6.58 Å². The fourth-order valence-electron chi connectivity index (χ4n) is 2.00. The normalized spacial score (nSPS) is 25.7. The van der Waals surface area contributed by atoms with Crippen molar-refractivity contribution in [3.63, 3.8) is 0 Å². The summed E-state index contributed by atoms with van der Waals surface area (Å²) in [6.07, 6.45) is 6.11. The second kappa shape index (κ2) is 6.49. The standard InChI is InChI=1S/C12H20O3/c1-3-14-8-11-4-6-12(7-5-11)9-15-10(2)13/h3,11-12H,1,4-9H2,2H3. The SMILES string of the molecule is C=COCC1CCC(COC(C)=O)CC1. The largest absolute Gasteiger partial charge is 0.502 e. The molecule has 0 atom stereocenters. The van der Waals surface area contributed by atoms with Crippen molar-refractivity contribution in [1.82, 2.24) is 0 Å². The van der Waals surface area contributed by atoms with Crippen LogP contribution in [0.5, 0.6) is 0 Å². The highest BCUT2D eigenvalue weighted by Crippen LogP contribution is 2.29. The summed E-state index contributed by atoms with van der Waals surface area (Å²) >= 11 is 0. The minimum Gasteiger partial charge on any atom is -0.502 e. The van der Waals surface area contributed by atoms with Crippen molar-refractivity contribution in [2.24, 2.45) is 11.8 Å². The molecule has 1 aliphatic carbocycles. The summed E-state index contributed by atoms with van der Waals surface area (Å²) in [5, 5.41) is 0. The number of ether oxygens (including phenoxy) is 2. The molecule has 1 saturated carbocycles. The van der Waals surface area contributed by atoms with Crippen molar-refractivity contribution in [2.75, 3.05) is 13.2 Å². The molecule has 0 aromatic rings. The van der Waals surface area contributed by atoms with Crippen molar-refractivity contribution in [1.29, 1.82) is 0 Å². The molecule has 0 radical (unpaired) electrons. The third-order valence-electron chi connectivity index (χ3n) is 2.94. The molecule has 0 saturated heterocycles. The number of carbonyl (C=O) groups excluding carboxylic acids is 1. The van der Waals surface area contributed by atoms with Crippen molar-refractivity contribution in [2.45, 2.75) is 32.6 Å². The van der Waals surface area contributed by atoms with Gasteiger partial charge >= 0.3 is 5.97 Å². The van der Waals surface area contributed by atoms with E-state index in [9.17, 15) is 4.79 Å². The molecule has 0 bridgehead atoms. The molecule has 0 aromatic carbocycles. The van der Waals surface area contributed by atoms with Gasteiger partial charge in [0.2, 0.25) is 0 Å². The molecular formula is C12H20O3. The number of carbonyl (C=O) groups is 1. The summed E-state index contributed by atoms with van der Waals surface area (Å²) in [6.45, 7) is 6.36. The summed E-state index contributed by atoms with van der Waals surface area (Å²) in [4.78, 5) is 10.6. The van der Waals surface area contributed by atoms with E-state index in [0.29, 0.717) is 18.4 Å². The van der Waals surface area contributed by atoms with E-state index in [-0.39, 0.29) is 5.97 Å². The summed E-state index contributed by atoms with van der Waals surface area (Å²) < 4.78 is 10.2. The Hall–Kier alpha value is -0.990. The molecule has 0 heterocycles. The zero-order valence-corrected chi connectivity index (χ0v) is 9.41. The maximum Gasteiger partial charge on any atom is 0.302 e. The molecule has 3 heteroatoms. The predicted octanol–water partition coefficient (Wildman–Crippen LogP) is 2.52. The number of esters is 1. The van der Waals surface area contributed by atoms with Crippen molar-refractivity contribution in [3.8, 4) is 0 Å². The molecule has 0 spiro atoms. The Morgan fingerprint density at radius 3 is 2.27 bits per heavy atom. The van der Waals surface area contributed by atoms with Gasteiger partial charge in [0, 0.05) is 6.92 Å².